The molecule has 0 bridgehead atoms. The number of rotatable bonds is 6. The number of nitrogens with zero attached hydrogens (tertiary/aromatic N) is 1. The molecule has 5 nitrogen and oxygen atoms in total. The number of benzene rings is 2. The molecule has 3 heterocycles. The van der Waals surface area contributed by atoms with Gasteiger partial charge in [-0.25, -0.2) is 0 Å². The summed E-state index contributed by atoms with van der Waals surface area (Å²) in [5, 5.41) is 8.58. The Morgan fingerprint density at radius 1 is 1.15 bits per heavy atom. The molecule has 3 unspecified atom stereocenters. The van der Waals surface area contributed by atoms with E-state index in [4.69, 9.17) is 17.0 Å². The van der Waals surface area contributed by atoms with E-state index in [2.05, 4.69) is 58.8 Å². The van der Waals surface area contributed by atoms with Gasteiger partial charge in [-0.05, 0) is 106 Å². The number of piperidine rings is 2. The first-order valence-electron chi connectivity index (χ1n) is 12.8. The number of ether oxygens (including phenoxy) is 1. The molecule has 2 aliphatic rings. The number of thiocarbonyl (C=S) groups is 1. The van der Waals surface area contributed by atoms with Crippen LogP contribution in [0.3, 0.4) is 0 Å². The smallest absolute Gasteiger partial charge is 0.175 e. The highest BCUT2D eigenvalue weighted by Gasteiger charge is 2.31. The van der Waals surface area contributed by atoms with E-state index < -0.39 is 0 Å². The minimum atomic E-state index is 0.152. The van der Waals surface area contributed by atoms with Gasteiger partial charge in [-0.15, -0.1) is 0 Å². The number of H-pyrrole nitrogens is 1. The minimum Gasteiger partial charge on any atom is -0.489 e. The molecule has 2 saturated heterocycles. The van der Waals surface area contributed by atoms with E-state index in [1.807, 2.05) is 24.3 Å². The van der Waals surface area contributed by atoms with Crippen molar-refractivity contribution in [3.8, 4) is 5.75 Å². The lowest BCUT2D eigenvalue weighted by Crippen LogP contribution is -2.44. The summed E-state index contributed by atoms with van der Waals surface area (Å²) in [7, 11) is 0. The Balaban J connectivity index is 1.29. The molecular weight excluding hydrogens is 440 g/mol. The van der Waals surface area contributed by atoms with Crippen molar-refractivity contribution in [1.82, 2.24) is 9.88 Å². The monoisotopic (exact) mass is 476 g/mol. The van der Waals surface area contributed by atoms with Crippen molar-refractivity contribution < 1.29 is 4.74 Å². The molecule has 2 fully saturated rings. The van der Waals surface area contributed by atoms with Crippen molar-refractivity contribution in [2.24, 2.45) is 0 Å². The maximum atomic E-state index is 6.06. The first-order valence-corrected chi connectivity index (χ1v) is 13.2. The van der Waals surface area contributed by atoms with Gasteiger partial charge in [0.2, 0.25) is 0 Å². The Morgan fingerprint density at radius 2 is 2.03 bits per heavy atom. The Labute approximate surface area is 208 Å². The maximum absolute atomic E-state index is 6.06. The van der Waals surface area contributed by atoms with E-state index in [0.717, 1.165) is 29.6 Å². The van der Waals surface area contributed by atoms with Crippen molar-refractivity contribution in [3.05, 3.63) is 54.2 Å². The topological polar surface area (TPSA) is 52.3 Å². The van der Waals surface area contributed by atoms with Crippen LogP contribution in [0.2, 0.25) is 0 Å². The maximum Gasteiger partial charge on any atom is 0.175 e. The third kappa shape index (κ3) is 5.08. The van der Waals surface area contributed by atoms with Crippen molar-refractivity contribution in [1.29, 1.82) is 0 Å². The summed E-state index contributed by atoms with van der Waals surface area (Å²) < 4.78 is 6.06. The summed E-state index contributed by atoms with van der Waals surface area (Å²) in [4.78, 5) is 6.22. The Morgan fingerprint density at radius 3 is 2.91 bits per heavy atom. The van der Waals surface area contributed by atoms with E-state index in [1.54, 1.807) is 0 Å². The van der Waals surface area contributed by atoms with Crippen LogP contribution in [0.15, 0.2) is 48.7 Å². The van der Waals surface area contributed by atoms with Crippen LogP contribution < -0.4 is 15.4 Å². The molecule has 0 spiro atoms. The highest BCUT2D eigenvalue weighted by atomic mass is 32.1. The van der Waals surface area contributed by atoms with E-state index in [9.17, 15) is 0 Å². The van der Waals surface area contributed by atoms with Crippen molar-refractivity contribution >= 4 is 39.6 Å². The molecule has 3 aromatic rings. The fraction of sp³-hybridized carbons (Fsp3) is 0.464. The van der Waals surface area contributed by atoms with Crippen LogP contribution in [0.25, 0.3) is 10.9 Å². The molecule has 34 heavy (non-hydrogen) atoms. The minimum absolute atomic E-state index is 0.152. The second-order valence-corrected chi connectivity index (χ2v) is 10.2. The van der Waals surface area contributed by atoms with Crippen molar-refractivity contribution in [2.45, 2.75) is 70.4 Å². The van der Waals surface area contributed by atoms with Crippen LogP contribution in [0.5, 0.6) is 5.75 Å². The van der Waals surface area contributed by atoms with Crippen LogP contribution >= 0.6 is 12.2 Å². The number of fused-ring (bicyclic) bond motifs is 2. The average Bonchev–Trinajstić information content (AvgIpc) is 3.28. The summed E-state index contributed by atoms with van der Waals surface area (Å²) in [6, 6.07) is 15.2. The van der Waals surface area contributed by atoms with E-state index >= 15 is 0 Å². The first kappa shape index (κ1) is 23.2. The van der Waals surface area contributed by atoms with Crippen LogP contribution in [0, 0.1) is 0 Å². The zero-order chi connectivity index (χ0) is 23.5. The molecule has 180 valence electrons. The van der Waals surface area contributed by atoms with Gasteiger partial charge in [0.25, 0.3) is 0 Å². The van der Waals surface area contributed by atoms with Gasteiger partial charge in [-0.1, -0.05) is 25.5 Å². The van der Waals surface area contributed by atoms with Crippen molar-refractivity contribution in [2.75, 3.05) is 23.7 Å². The van der Waals surface area contributed by atoms with E-state index in [1.165, 1.54) is 61.7 Å². The van der Waals surface area contributed by atoms with Gasteiger partial charge in [0.1, 0.15) is 5.75 Å². The fourth-order valence-electron chi connectivity index (χ4n) is 5.49. The number of para-hydroxylation sites is 2. The highest BCUT2D eigenvalue weighted by molar-refractivity contribution is 7.80. The quantitative estimate of drug-likeness (QED) is 0.338. The number of anilines is 2. The predicted molar refractivity (Wildman–Crippen MR) is 146 cm³/mol. The highest BCUT2D eigenvalue weighted by Crippen LogP contribution is 2.39. The van der Waals surface area contributed by atoms with Gasteiger partial charge >= 0.3 is 0 Å². The second-order valence-electron chi connectivity index (χ2n) is 9.82. The molecular formula is C28H36N4OS. The molecule has 3 N–H and O–H groups in total. The molecule has 0 aliphatic carbocycles. The van der Waals surface area contributed by atoms with Crippen LogP contribution in [-0.2, 0) is 0 Å². The van der Waals surface area contributed by atoms with Gasteiger partial charge < -0.3 is 25.3 Å². The lowest BCUT2D eigenvalue weighted by molar-refractivity contribution is 0.0977. The standard InChI is InChI=1S/C28H36N4OS/c1-3-19(2)33-27-10-5-4-9-26(27)31-28(34)30-21-11-12-25-23(17-21)24(18-29-25)20-13-15-32-14-7-6-8-22(32)16-20/h4-5,9-12,17-20,22,29H,3,6-8,13-16H2,1-2H3,(H2,30,31,34). The molecule has 5 rings (SSSR count). The average molecular weight is 477 g/mol. The zero-order valence-corrected chi connectivity index (χ0v) is 21.1. The van der Waals surface area contributed by atoms with Crippen molar-refractivity contribution in [3.63, 3.8) is 0 Å². The summed E-state index contributed by atoms with van der Waals surface area (Å²) in [6.45, 7) is 6.72. The molecule has 6 heteroatoms. The largest absolute Gasteiger partial charge is 0.489 e. The molecule has 2 aromatic carbocycles. The normalized spacial score (nSPS) is 21.6. The Bertz CT molecular complexity index is 1140. The molecule has 0 saturated carbocycles. The van der Waals surface area contributed by atoms with Crippen LogP contribution in [-0.4, -0.2) is 40.2 Å². The molecule has 0 radical (unpaired) electrons. The second kappa shape index (κ2) is 10.4. The molecule has 2 aliphatic heterocycles. The van der Waals surface area contributed by atoms with Gasteiger partial charge in [-0.2, -0.15) is 0 Å². The Hall–Kier alpha value is -2.57. The SMILES string of the molecule is CCC(C)Oc1ccccc1NC(=S)Nc1ccc2[nH]cc(C3CCN4CCCCC4C3)c2c1. The van der Waals surface area contributed by atoms with Crippen LogP contribution in [0.1, 0.15) is 63.9 Å². The Kier molecular flexibility index (Phi) is 7.07. The number of nitrogens with one attached hydrogen (secondary N) is 3. The van der Waals surface area contributed by atoms with Gasteiger partial charge in [0.15, 0.2) is 5.11 Å². The van der Waals surface area contributed by atoms with E-state index in [0.29, 0.717) is 11.0 Å². The van der Waals surface area contributed by atoms with Gasteiger partial charge in [0, 0.05) is 28.8 Å². The summed E-state index contributed by atoms with van der Waals surface area (Å²) >= 11 is 5.65. The molecule has 3 atom stereocenters. The zero-order valence-electron chi connectivity index (χ0n) is 20.3. The number of hydrogen-bond acceptors (Lipinski definition) is 3. The van der Waals surface area contributed by atoms with Crippen LogP contribution in [0.4, 0.5) is 11.4 Å². The summed E-state index contributed by atoms with van der Waals surface area (Å²) in [6.07, 6.45) is 9.96. The van der Waals surface area contributed by atoms with E-state index in [-0.39, 0.29) is 6.10 Å². The predicted octanol–water partition coefficient (Wildman–Crippen LogP) is 6.89. The fourth-order valence-corrected chi connectivity index (χ4v) is 5.71. The number of aromatic nitrogens is 1. The first-order chi connectivity index (χ1) is 16.6. The molecule has 0 amide bonds. The summed E-state index contributed by atoms with van der Waals surface area (Å²) in [5.41, 5.74) is 4.53. The lowest BCUT2D eigenvalue weighted by Gasteiger charge is -2.42. The molecule has 1 aromatic heterocycles. The lowest BCUT2D eigenvalue weighted by atomic mass is 9.82. The third-order valence-electron chi connectivity index (χ3n) is 7.52. The van der Waals surface area contributed by atoms with Gasteiger partial charge in [0.05, 0.1) is 11.8 Å². The number of aromatic amines is 1. The summed E-state index contributed by atoms with van der Waals surface area (Å²) in [5.74, 6) is 1.44. The van der Waals surface area contributed by atoms with Gasteiger partial charge in [-0.3, -0.25) is 0 Å². The third-order valence-corrected chi connectivity index (χ3v) is 7.72. The number of hydrogen-bond donors (Lipinski definition) is 3.